The zero-order chi connectivity index (χ0) is 16.8. The summed E-state index contributed by atoms with van der Waals surface area (Å²) in [6.07, 6.45) is 4.24. The summed E-state index contributed by atoms with van der Waals surface area (Å²) >= 11 is 0. The molecule has 5 heteroatoms. The van der Waals surface area contributed by atoms with Gasteiger partial charge in [-0.25, -0.2) is 9.97 Å². The molecule has 5 nitrogen and oxygen atoms in total. The van der Waals surface area contributed by atoms with Crippen LogP contribution in [0.25, 0.3) is 0 Å². The Hall–Kier alpha value is -2.14. The lowest BCUT2D eigenvalue weighted by molar-refractivity contribution is 0.0354. The normalized spacial score (nSPS) is 33.3. The maximum atomic E-state index is 5.34. The van der Waals surface area contributed by atoms with Crippen LogP contribution in [0.4, 0.5) is 5.82 Å². The van der Waals surface area contributed by atoms with E-state index in [0.29, 0.717) is 23.9 Å². The van der Waals surface area contributed by atoms with E-state index in [1.165, 1.54) is 31.5 Å². The second-order valence-corrected chi connectivity index (χ2v) is 7.44. The molecular formula is C20H24N4O. The molecule has 0 N–H and O–H groups in total. The van der Waals surface area contributed by atoms with Crippen LogP contribution in [0.5, 0.6) is 5.88 Å². The van der Waals surface area contributed by atoms with Gasteiger partial charge in [-0.1, -0.05) is 30.3 Å². The highest BCUT2D eigenvalue weighted by Crippen LogP contribution is 2.47. The van der Waals surface area contributed by atoms with E-state index < -0.39 is 0 Å². The third kappa shape index (κ3) is 2.41. The Morgan fingerprint density at radius 1 is 1.04 bits per heavy atom. The van der Waals surface area contributed by atoms with Gasteiger partial charge in [0.1, 0.15) is 12.1 Å². The van der Waals surface area contributed by atoms with E-state index in [1.807, 2.05) is 6.07 Å². The summed E-state index contributed by atoms with van der Waals surface area (Å²) in [6, 6.07) is 14.1. The van der Waals surface area contributed by atoms with Crippen LogP contribution < -0.4 is 9.64 Å². The van der Waals surface area contributed by atoms with Gasteiger partial charge in [-0.15, -0.1) is 0 Å². The third-order valence-corrected chi connectivity index (χ3v) is 6.35. The van der Waals surface area contributed by atoms with Gasteiger partial charge in [-0.3, -0.25) is 4.90 Å². The van der Waals surface area contributed by atoms with Crippen molar-refractivity contribution in [2.45, 2.75) is 30.8 Å². The fourth-order valence-electron chi connectivity index (χ4n) is 5.27. The summed E-state index contributed by atoms with van der Waals surface area (Å²) in [5, 5.41) is 0. The van der Waals surface area contributed by atoms with E-state index in [0.717, 1.165) is 18.3 Å². The van der Waals surface area contributed by atoms with Gasteiger partial charge in [0.25, 0.3) is 0 Å². The molecule has 0 amide bonds. The van der Waals surface area contributed by atoms with Gasteiger partial charge in [-0.05, 0) is 37.4 Å². The zero-order valence-electron chi connectivity index (χ0n) is 14.6. The summed E-state index contributed by atoms with van der Waals surface area (Å²) in [6.45, 7) is 3.51. The maximum Gasteiger partial charge on any atom is 0.218 e. The van der Waals surface area contributed by atoms with E-state index in [-0.39, 0.29) is 0 Å². The highest BCUT2D eigenvalue weighted by Gasteiger charge is 2.53. The fraction of sp³-hybridized carbons (Fsp3) is 0.500. The summed E-state index contributed by atoms with van der Waals surface area (Å²) in [5.74, 6) is 2.96. The van der Waals surface area contributed by atoms with Gasteiger partial charge in [0.05, 0.1) is 7.11 Å². The van der Waals surface area contributed by atoms with Crippen LogP contribution in [0.15, 0.2) is 42.7 Å². The quantitative estimate of drug-likeness (QED) is 0.862. The summed E-state index contributed by atoms with van der Waals surface area (Å²) in [4.78, 5) is 14.0. The van der Waals surface area contributed by atoms with Crippen LogP contribution in [0.1, 0.15) is 24.3 Å². The van der Waals surface area contributed by atoms with Crippen molar-refractivity contribution in [3.8, 4) is 5.88 Å². The van der Waals surface area contributed by atoms with Gasteiger partial charge in [0.15, 0.2) is 0 Å². The number of hydrogen-bond donors (Lipinski definition) is 0. The molecule has 6 rings (SSSR count). The lowest BCUT2D eigenvalue weighted by Gasteiger charge is -2.51. The minimum absolute atomic E-state index is 0.537. The zero-order valence-corrected chi connectivity index (χ0v) is 14.6. The van der Waals surface area contributed by atoms with E-state index in [1.54, 1.807) is 13.4 Å². The average molecular weight is 336 g/mol. The Morgan fingerprint density at radius 2 is 1.84 bits per heavy atom. The number of anilines is 1. The van der Waals surface area contributed by atoms with Crippen LogP contribution in [0, 0.1) is 5.92 Å². The van der Waals surface area contributed by atoms with Crippen molar-refractivity contribution in [2.75, 3.05) is 31.6 Å². The number of benzene rings is 1. The van der Waals surface area contributed by atoms with Gasteiger partial charge in [0, 0.05) is 30.6 Å². The van der Waals surface area contributed by atoms with Gasteiger partial charge < -0.3 is 9.64 Å². The monoisotopic (exact) mass is 336 g/mol. The Bertz CT molecular complexity index is 744. The van der Waals surface area contributed by atoms with Gasteiger partial charge >= 0.3 is 0 Å². The van der Waals surface area contributed by atoms with Crippen molar-refractivity contribution in [2.24, 2.45) is 5.92 Å². The van der Waals surface area contributed by atoms with E-state index >= 15 is 0 Å². The molecule has 3 atom stereocenters. The number of nitrogens with zero attached hydrogens (tertiary/aromatic N) is 4. The average Bonchev–Trinajstić information content (AvgIpc) is 3.12. The van der Waals surface area contributed by atoms with Gasteiger partial charge in [0.2, 0.25) is 5.88 Å². The number of methoxy groups -OCH3 is 1. The molecule has 1 aromatic heterocycles. The Morgan fingerprint density at radius 3 is 2.60 bits per heavy atom. The van der Waals surface area contributed by atoms with Gasteiger partial charge in [-0.2, -0.15) is 0 Å². The Balaban J connectivity index is 1.56. The molecule has 2 bridgehead atoms. The molecule has 4 aliphatic rings. The SMILES string of the molecule is COc1cc(N2C[C@@H](c3ccccc3)[C@@H]3[C@H]2C2CCN3CC2)ncn1. The molecular weight excluding hydrogens is 312 g/mol. The second-order valence-electron chi connectivity index (χ2n) is 7.44. The van der Waals surface area contributed by atoms with E-state index in [2.05, 4.69) is 50.1 Å². The second kappa shape index (κ2) is 5.99. The first-order valence-electron chi connectivity index (χ1n) is 9.27. The number of fused-ring (bicyclic) bond motifs is 2. The predicted octanol–water partition coefficient (Wildman–Crippen LogP) is 2.55. The smallest absolute Gasteiger partial charge is 0.218 e. The third-order valence-electron chi connectivity index (χ3n) is 6.35. The first-order valence-corrected chi connectivity index (χ1v) is 9.27. The van der Waals surface area contributed by atoms with Crippen molar-refractivity contribution in [1.82, 2.24) is 14.9 Å². The molecule has 5 heterocycles. The van der Waals surface area contributed by atoms with Crippen molar-refractivity contribution < 1.29 is 4.74 Å². The van der Waals surface area contributed by atoms with Crippen molar-refractivity contribution in [3.63, 3.8) is 0 Å². The molecule has 0 unspecified atom stereocenters. The lowest BCUT2D eigenvalue weighted by Crippen LogP contribution is -2.60. The van der Waals surface area contributed by atoms with Crippen molar-refractivity contribution in [3.05, 3.63) is 48.3 Å². The van der Waals surface area contributed by atoms with Crippen LogP contribution in [0.2, 0.25) is 0 Å². The molecule has 0 radical (unpaired) electrons. The number of aromatic nitrogens is 2. The molecule has 0 aliphatic carbocycles. The highest BCUT2D eigenvalue weighted by molar-refractivity contribution is 5.48. The largest absolute Gasteiger partial charge is 0.481 e. The van der Waals surface area contributed by atoms with Crippen molar-refractivity contribution in [1.29, 1.82) is 0 Å². The molecule has 4 aliphatic heterocycles. The molecule has 130 valence electrons. The number of hydrogen-bond acceptors (Lipinski definition) is 5. The predicted molar refractivity (Wildman–Crippen MR) is 97.0 cm³/mol. The number of rotatable bonds is 3. The first-order chi connectivity index (χ1) is 12.3. The Kier molecular flexibility index (Phi) is 3.63. The molecule has 0 saturated carbocycles. The number of piperidine rings is 3. The van der Waals surface area contributed by atoms with Crippen LogP contribution in [-0.2, 0) is 0 Å². The highest BCUT2D eigenvalue weighted by atomic mass is 16.5. The number of ether oxygens (including phenoxy) is 1. The molecule has 25 heavy (non-hydrogen) atoms. The Labute approximate surface area is 148 Å². The fourth-order valence-corrected chi connectivity index (χ4v) is 5.27. The minimum atomic E-state index is 0.537. The van der Waals surface area contributed by atoms with Crippen LogP contribution >= 0.6 is 0 Å². The standard InChI is InChI=1S/C20H24N4O/c1-25-18-11-17(21-13-22-18)24-12-16(14-5-3-2-4-6-14)20-19(24)15-7-9-23(20)10-8-15/h2-6,11,13,15-16,19-20H,7-10,12H2,1H3/t16-,19+,20+/m0/s1. The molecule has 0 spiro atoms. The summed E-state index contributed by atoms with van der Waals surface area (Å²) in [7, 11) is 1.67. The summed E-state index contributed by atoms with van der Waals surface area (Å²) < 4.78 is 5.34. The lowest BCUT2D eigenvalue weighted by atomic mass is 9.75. The molecule has 4 fully saturated rings. The molecule has 4 saturated heterocycles. The maximum absolute atomic E-state index is 5.34. The molecule has 1 aromatic carbocycles. The summed E-state index contributed by atoms with van der Waals surface area (Å²) in [5.41, 5.74) is 1.45. The van der Waals surface area contributed by atoms with E-state index in [9.17, 15) is 0 Å². The molecule has 2 aromatic rings. The topological polar surface area (TPSA) is 41.5 Å². The van der Waals surface area contributed by atoms with Crippen LogP contribution in [0.3, 0.4) is 0 Å². The first kappa shape index (κ1) is 15.1. The van der Waals surface area contributed by atoms with Crippen molar-refractivity contribution >= 4 is 5.82 Å². The van der Waals surface area contributed by atoms with E-state index in [4.69, 9.17) is 4.74 Å². The van der Waals surface area contributed by atoms with Crippen LogP contribution in [-0.4, -0.2) is 53.7 Å². The minimum Gasteiger partial charge on any atom is -0.481 e.